The van der Waals surface area contributed by atoms with E-state index in [0.29, 0.717) is 22.9 Å². The van der Waals surface area contributed by atoms with Crippen LogP contribution in [0.15, 0.2) is 40.9 Å². The lowest BCUT2D eigenvalue weighted by Gasteiger charge is -2.48. The molecule has 1 atom stereocenters. The number of benzene rings is 1. The minimum atomic E-state index is -0.483. The Morgan fingerprint density at radius 3 is 2.62 bits per heavy atom. The molecule has 1 aromatic heterocycles. The van der Waals surface area contributed by atoms with E-state index < -0.39 is 4.92 Å². The second kappa shape index (κ2) is 10.8. The molecule has 3 aliphatic rings. The molecule has 37 heavy (non-hydrogen) atoms. The van der Waals surface area contributed by atoms with Crippen LogP contribution >= 0.6 is 15.9 Å². The summed E-state index contributed by atoms with van der Waals surface area (Å²) in [5.74, 6) is 0.451. The number of rotatable bonds is 7. The third-order valence-corrected chi connectivity index (χ3v) is 8.28. The first kappa shape index (κ1) is 25.7. The minimum Gasteiger partial charge on any atom is -0.481 e. The number of carbonyl (C=O) groups is 1. The first-order chi connectivity index (χ1) is 17.9. The molecule has 3 heterocycles. The highest BCUT2D eigenvalue weighted by atomic mass is 79.9. The van der Waals surface area contributed by atoms with Crippen LogP contribution in [0, 0.1) is 15.5 Å². The van der Waals surface area contributed by atoms with Gasteiger partial charge in [-0.1, -0.05) is 30.3 Å². The number of halogens is 1. The number of carbonyl (C=O) groups excluding carboxylic acids is 1. The molecule has 5 rings (SSSR count). The fraction of sp³-hybridized carbons (Fsp3) is 0.538. The highest BCUT2D eigenvalue weighted by Gasteiger charge is 2.51. The van der Waals surface area contributed by atoms with E-state index in [-0.39, 0.29) is 29.7 Å². The van der Waals surface area contributed by atoms with E-state index in [2.05, 4.69) is 30.7 Å². The van der Waals surface area contributed by atoms with Crippen LogP contribution in [-0.2, 0) is 11.3 Å². The van der Waals surface area contributed by atoms with Crippen LogP contribution < -0.4 is 9.64 Å². The Hall–Kier alpha value is -2.92. The predicted molar refractivity (Wildman–Crippen MR) is 142 cm³/mol. The molecular weight excluding hydrogens is 542 g/mol. The molecule has 0 bridgehead atoms. The molecule has 1 saturated carbocycles. The number of hydrogen-bond acceptors (Lipinski definition) is 8. The van der Waals surface area contributed by atoms with Crippen molar-refractivity contribution in [3.8, 4) is 5.75 Å². The summed E-state index contributed by atoms with van der Waals surface area (Å²) in [6.07, 6.45) is 3.17. The second-order valence-electron chi connectivity index (χ2n) is 10.1. The summed E-state index contributed by atoms with van der Waals surface area (Å²) in [6, 6.07) is 11.7. The van der Waals surface area contributed by atoms with Crippen molar-refractivity contribution in [3.63, 3.8) is 0 Å². The highest BCUT2D eigenvalue weighted by molar-refractivity contribution is 9.10. The maximum absolute atomic E-state index is 12.0. The van der Waals surface area contributed by atoms with Crippen molar-refractivity contribution < 1.29 is 19.2 Å². The van der Waals surface area contributed by atoms with Gasteiger partial charge >= 0.3 is 11.9 Å². The standard InChI is InChI=1S/C26H32BrN5O5/c1-2-36-25(33)31-17-26(18-31)9-8-20(15-26)29-10-12-30(13-11-29)23-21(27)14-22(24(28-23)32(34)35)37-16-19-6-4-3-5-7-19/h3-7,14,20H,2,8-13,15-18H2,1H3/t20-/m1/s1. The van der Waals surface area contributed by atoms with Crippen molar-refractivity contribution in [2.24, 2.45) is 5.41 Å². The molecule has 0 N–H and O–H groups in total. The minimum absolute atomic E-state index is 0.150. The monoisotopic (exact) mass is 573 g/mol. The number of ether oxygens (including phenoxy) is 2. The summed E-state index contributed by atoms with van der Waals surface area (Å²) in [7, 11) is 0. The van der Waals surface area contributed by atoms with E-state index in [9.17, 15) is 14.9 Å². The molecule has 2 aromatic rings. The summed E-state index contributed by atoms with van der Waals surface area (Å²) in [5.41, 5.74) is 1.16. The third-order valence-electron chi connectivity index (χ3n) is 7.70. The summed E-state index contributed by atoms with van der Waals surface area (Å²) in [4.78, 5) is 34.1. The van der Waals surface area contributed by atoms with E-state index in [1.807, 2.05) is 42.2 Å². The second-order valence-corrected chi connectivity index (χ2v) is 11.0. The smallest absolute Gasteiger partial charge is 0.409 e. The van der Waals surface area contributed by atoms with Crippen LogP contribution in [-0.4, -0.2) is 77.7 Å². The van der Waals surface area contributed by atoms with Crippen LogP contribution in [0.25, 0.3) is 0 Å². The fourth-order valence-electron chi connectivity index (χ4n) is 5.83. The number of pyridine rings is 1. The zero-order chi connectivity index (χ0) is 26.0. The Bertz CT molecular complexity index is 1140. The fourth-order valence-corrected chi connectivity index (χ4v) is 6.38. The summed E-state index contributed by atoms with van der Waals surface area (Å²) < 4.78 is 11.6. The summed E-state index contributed by atoms with van der Waals surface area (Å²) in [6.45, 7) is 7.28. The number of nitro groups is 1. The van der Waals surface area contributed by atoms with E-state index in [1.165, 1.54) is 0 Å². The molecule has 0 unspecified atom stereocenters. The zero-order valence-electron chi connectivity index (χ0n) is 21.0. The molecule has 3 fully saturated rings. The normalized spacial score (nSPS) is 21.1. The molecular formula is C26H32BrN5O5. The van der Waals surface area contributed by atoms with Gasteiger partial charge in [-0.05, 0) is 57.6 Å². The van der Waals surface area contributed by atoms with Crippen LogP contribution in [0.3, 0.4) is 0 Å². The van der Waals surface area contributed by atoms with Gasteiger partial charge in [-0.3, -0.25) is 4.90 Å². The van der Waals surface area contributed by atoms with Crippen molar-refractivity contribution in [1.29, 1.82) is 0 Å². The topological polar surface area (TPSA) is 101 Å². The van der Waals surface area contributed by atoms with Gasteiger partial charge in [-0.25, -0.2) is 4.79 Å². The van der Waals surface area contributed by atoms with Gasteiger partial charge in [0.1, 0.15) is 6.61 Å². The van der Waals surface area contributed by atoms with Gasteiger partial charge in [0, 0.05) is 56.8 Å². The van der Waals surface area contributed by atoms with Crippen molar-refractivity contribution in [1.82, 2.24) is 14.8 Å². The molecule has 2 aliphatic heterocycles. The van der Waals surface area contributed by atoms with Gasteiger partial charge in [-0.2, -0.15) is 0 Å². The quantitative estimate of drug-likeness (QED) is 0.353. The zero-order valence-corrected chi connectivity index (χ0v) is 22.6. The number of nitrogens with zero attached hydrogens (tertiary/aromatic N) is 5. The van der Waals surface area contributed by atoms with Crippen LogP contribution in [0.1, 0.15) is 31.7 Å². The van der Waals surface area contributed by atoms with E-state index in [4.69, 9.17) is 9.47 Å². The van der Waals surface area contributed by atoms with Crippen LogP contribution in [0.5, 0.6) is 5.75 Å². The SMILES string of the molecule is CCOC(=O)N1CC2(CC[C@@H](N3CCN(c4nc([N+](=O)[O-])c(OCc5ccccc5)cc4Br)CC3)C2)C1. The number of amides is 1. The highest BCUT2D eigenvalue weighted by Crippen LogP contribution is 2.47. The average Bonchev–Trinajstić information content (AvgIpc) is 3.33. The average molecular weight is 574 g/mol. The van der Waals surface area contributed by atoms with Gasteiger partial charge in [0.15, 0.2) is 0 Å². The molecule has 198 valence electrons. The first-order valence-corrected chi connectivity index (χ1v) is 13.6. The molecule has 11 heteroatoms. The summed E-state index contributed by atoms with van der Waals surface area (Å²) in [5, 5.41) is 11.8. The number of likely N-dealkylation sites (tertiary alicyclic amines) is 1. The molecule has 10 nitrogen and oxygen atoms in total. The van der Waals surface area contributed by atoms with Gasteiger partial charge in [0.25, 0.3) is 5.82 Å². The Balaban J connectivity index is 1.18. The van der Waals surface area contributed by atoms with E-state index in [0.717, 1.165) is 64.1 Å². The Morgan fingerprint density at radius 2 is 1.95 bits per heavy atom. The molecule has 1 amide bonds. The molecule has 0 radical (unpaired) electrons. The molecule has 1 spiro atoms. The van der Waals surface area contributed by atoms with Gasteiger partial charge in [0.05, 0.1) is 11.1 Å². The van der Waals surface area contributed by atoms with Gasteiger partial charge in [-0.15, -0.1) is 0 Å². The van der Waals surface area contributed by atoms with E-state index in [1.54, 1.807) is 6.07 Å². The lowest BCUT2D eigenvalue weighted by Crippen LogP contribution is -2.58. The van der Waals surface area contributed by atoms with Crippen molar-refractivity contribution >= 4 is 33.7 Å². The number of aromatic nitrogens is 1. The molecule has 1 aromatic carbocycles. The number of piperazine rings is 1. The lowest BCUT2D eigenvalue weighted by atomic mass is 9.78. The lowest BCUT2D eigenvalue weighted by molar-refractivity contribution is -0.390. The predicted octanol–water partition coefficient (Wildman–Crippen LogP) is 4.46. The summed E-state index contributed by atoms with van der Waals surface area (Å²) >= 11 is 3.57. The number of hydrogen-bond donors (Lipinski definition) is 0. The van der Waals surface area contributed by atoms with Gasteiger partial charge < -0.3 is 29.4 Å². The van der Waals surface area contributed by atoms with Crippen molar-refractivity contribution in [2.45, 2.75) is 38.8 Å². The van der Waals surface area contributed by atoms with E-state index >= 15 is 0 Å². The Kier molecular flexibility index (Phi) is 7.52. The maximum atomic E-state index is 12.0. The Labute approximate surface area is 224 Å². The molecule has 2 saturated heterocycles. The largest absolute Gasteiger partial charge is 0.481 e. The van der Waals surface area contributed by atoms with Crippen LogP contribution in [0.4, 0.5) is 16.4 Å². The third kappa shape index (κ3) is 5.52. The Morgan fingerprint density at radius 1 is 1.22 bits per heavy atom. The molecule has 1 aliphatic carbocycles. The van der Waals surface area contributed by atoms with Gasteiger partial charge in [0.2, 0.25) is 5.75 Å². The number of anilines is 1. The van der Waals surface area contributed by atoms with Crippen molar-refractivity contribution in [2.75, 3.05) is 50.8 Å². The first-order valence-electron chi connectivity index (χ1n) is 12.8. The van der Waals surface area contributed by atoms with Crippen LogP contribution in [0.2, 0.25) is 0 Å². The van der Waals surface area contributed by atoms with Crippen molar-refractivity contribution in [3.05, 3.63) is 56.5 Å². The maximum Gasteiger partial charge on any atom is 0.409 e.